The lowest BCUT2D eigenvalue weighted by atomic mass is 10.1. The summed E-state index contributed by atoms with van der Waals surface area (Å²) in [6.07, 6.45) is 1.15. The van der Waals surface area contributed by atoms with Gasteiger partial charge in [0.15, 0.2) is 0 Å². The van der Waals surface area contributed by atoms with Crippen molar-refractivity contribution in [3.63, 3.8) is 0 Å². The first kappa shape index (κ1) is 11.3. The number of ether oxygens (including phenoxy) is 2. The molecule has 0 unspecified atom stereocenters. The van der Waals surface area contributed by atoms with Gasteiger partial charge in [0.2, 0.25) is 5.88 Å². The molecule has 0 amide bonds. The Morgan fingerprint density at radius 3 is 3.06 bits per heavy atom. The number of nitrogens with zero attached hydrogens (tertiary/aromatic N) is 1. The van der Waals surface area contributed by atoms with Crippen LogP contribution >= 0.6 is 0 Å². The van der Waals surface area contributed by atoms with Crippen molar-refractivity contribution in [2.24, 2.45) is 0 Å². The van der Waals surface area contributed by atoms with Crippen molar-refractivity contribution in [2.75, 3.05) is 20.3 Å². The van der Waals surface area contributed by atoms with Crippen LogP contribution in [0.15, 0.2) is 12.3 Å². The lowest BCUT2D eigenvalue weighted by Crippen LogP contribution is -2.41. The number of hydrogen-bond acceptors (Lipinski definition) is 4. The Kier molecular flexibility index (Phi) is 3.36. The maximum Gasteiger partial charge on any atom is 0.218 e. The van der Waals surface area contributed by atoms with E-state index in [-0.39, 0.29) is 17.9 Å². The highest BCUT2D eigenvalue weighted by molar-refractivity contribution is 5.30. The van der Waals surface area contributed by atoms with Crippen molar-refractivity contribution < 1.29 is 13.9 Å². The van der Waals surface area contributed by atoms with E-state index in [1.54, 1.807) is 0 Å². The fraction of sp³-hybridized carbons (Fsp3) is 0.545. The highest BCUT2D eigenvalue weighted by Gasteiger charge is 2.23. The summed E-state index contributed by atoms with van der Waals surface area (Å²) in [4.78, 5) is 3.90. The van der Waals surface area contributed by atoms with E-state index in [2.05, 4.69) is 10.3 Å². The summed E-state index contributed by atoms with van der Waals surface area (Å²) >= 11 is 0. The average molecular weight is 226 g/mol. The predicted molar refractivity (Wildman–Crippen MR) is 56.9 cm³/mol. The number of halogens is 1. The van der Waals surface area contributed by atoms with Crippen LogP contribution in [-0.2, 0) is 4.74 Å². The average Bonchev–Trinajstić information content (AvgIpc) is 2.29. The molecule has 1 aliphatic rings. The Bertz CT molecular complexity index is 373. The standard InChI is InChI=1S/C11H15FN2O2/c1-7-5-16-6-10(14-7)9-3-8(12)4-13-11(9)15-2/h3-4,7,10,14H,5-6H2,1-2H3/t7-,10-/m1/s1. The molecule has 0 bridgehead atoms. The molecule has 1 N–H and O–H groups in total. The van der Waals surface area contributed by atoms with Gasteiger partial charge in [0.05, 0.1) is 32.6 Å². The van der Waals surface area contributed by atoms with Gasteiger partial charge in [-0.25, -0.2) is 9.37 Å². The monoisotopic (exact) mass is 226 g/mol. The molecule has 2 atom stereocenters. The van der Waals surface area contributed by atoms with Gasteiger partial charge in [-0.2, -0.15) is 0 Å². The molecule has 2 rings (SSSR count). The zero-order valence-electron chi connectivity index (χ0n) is 9.37. The Morgan fingerprint density at radius 1 is 1.56 bits per heavy atom. The topological polar surface area (TPSA) is 43.4 Å². The Morgan fingerprint density at radius 2 is 2.38 bits per heavy atom. The smallest absolute Gasteiger partial charge is 0.218 e. The number of methoxy groups -OCH3 is 1. The Hall–Kier alpha value is -1.20. The van der Waals surface area contributed by atoms with Crippen molar-refractivity contribution in [2.45, 2.75) is 19.0 Å². The van der Waals surface area contributed by atoms with Gasteiger partial charge < -0.3 is 14.8 Å². The second kappa shape index (κ2) is 4.76. The minimum atomic E-state index is -0.365. The SMILES string of the molecule is COc1ncc(F)cc1[C@H]1COC[C@@H](C)N1. The molecule has 0 aliphatic carbocycles. The molecule has 1 aromatic rings. The van der Waals surface area contributed by atoms with E-state index in [1.165, 1.54) is 13.2 Å². The summed E-state index contributed by atoms with van der Waals surface area (Å²) in [5, 5.41) is 3.32. The minimum absolute atomic E-state index is 0.0677. The normalized spacial score (nSPS) is 25.4. The number of pyridine rings is 1. The van der Waals surface area contributed by atoms with Crippen molar-refractivity contribution in [1.82, 2.24) is 10.3 Å². The summed E-state index contributed by atoms with van der Waals surface area (Å²) < 4.78 is 23.7. The molecular formula is C11H15FN2O2. The van der Waals surface area contributed by atoms with Crippen LogP contribution in [0.2, 0.25) is 0 Å². The molecule has 0 saturated carbocycles. The van der Waals surface area contributed by atoms with Gasteiger partial charge in [-0.1, -0.05) is 0 Å². The summed E-state index contributed by atoms with van der Waals surface area (Å²) in [5.74, 6) is 0.0763. The molecule has 1 aliphatic heterocycles. The van der Waals surface area contributed by atoms with Crippen LogP contribution < -0.4 is 10.1 Å². The first-order valence-electron chi connectivity index (χ1n) is 5.24. The fourth-order valence-electron chi connectivity index (χ4n) is 1.84. The summed E-state index contributed by atoms with van der Waals surface area (Å²) in [7, 11) is 1.52. The molecular weight excluding hydrogens is 211 g/mol. The van der Waals surface area contributed by atoms with Crippen molar-refractivity contribution in [3.8, 4) is 5.88 Å². The van der Waals surface area contributed by atoms with E-state index in [9.17, 15) is 4.39 Å². The van der Waals surface area contributed by atoms with Gasteiger partial charge in [0, 0.05) is 11.6 Å². The zero-order chi connectivity index (χ0) is 11.5. The highest BCUT2D eigenvalue weighted by Crippen LogP contribution is 2.25. The van der Waals surface area contributed by atoms with E-state index < -0.39 is 0 Å². The first-order valence-corrected chi connectivity index (χ1v) is 5.24. The fourth-order valence-corrected chi connectivity index (χ4v) is 1.84. The number of morpholine rings is 1. The number of nitrogens with one attached hydrogen (secondary N) is 1. The Balaban J connectivity index is 2.26. The Labute approximate surface area is 93.8 Å². The molecule has 0 aromatic carbocycles. The maximum atomic E-state index is 13.1. The van der Waals surface area contributed by atoms with Crippen LogP contribution in [0, 0.1) is 5.82 Å². The summed E-state index contributed by atoms with van der Waals surface area (Å²) in [6.45, 7) is 3.19. The molecule has 2 heterocycles. The molecule has 4 nitrogen and oxygen atoms in total. The quantitative estimate of drug-likeness (QED) is 0.825. The van der Waals surface area contributed by atoms with E-state index in [4.69, 9.17) is 9.47 Å². The van der Waals surface area contributed by atoms with Crippen molar-refractivity contribution in [1.29, 1.82) is 0 Å². The van der Waals surface area contributed by atoms with Gasteiger partial charge in [-0.15, -0.1) is 0 Å². The molecule has 0 radical (unpaired) electrons. The van der Waals surface area contributed by atoms with Crippen LogP contribution in [0.5, 0.6) is 5.88 Å². The third-order valence-corrected chi connectivity index (χ3v) is 2.55. The second-order valence-corrected chi connectivity index (χ2v) is 3.91. The van der Waals surface area contributed by atoms with Crippen molar-refractivity contribution >= 4 is 0 Å². The largest absolute Gasteiger partial charge is 0.481 e. The van der Waals surface area contributed by atoms with Crippen LogP contribution in [-0.4, -0.2) is 31.3 Å². The van der Waals surface area contributed by atoms with E-state index in [0.29, 0.717) is 24.7 Å². The lowest BCUT2D eigenvalue weighted by molar-refractivity contribution is 0.0494. The van der Waals surface area contributed by atoms with E-state index in [1.807, 2.05) is 6.92 Å². The first-order chi connectivity index (χ1) is 7.70. The third-order valence-electron chi connectivity index (χ3n) is 2.55. The predicted octanol–water partition coefficient (Wildman–Crippen LogP) is 1.28. The van der Waals surface area contributed by atoms with Gasteiger partial charge in [0.25, 0.3) is 0 Å². The highest BCUT2D eigenvalue weighted by atomic mass is 19.1. The molecule has 0 spiro atoms. The molecule has 1 aromatic heterocycles. The summed E-state index contributed by atoms with van der Waals surface area (Å²) in [5.41, 5.74) is 0.703. The van der Waals surface area contributed by atoms with Gasteiger partial charge in [-0.3, -0.25) is 0 Å². The van der Waals surface area contributed by atoms with E-state index in [0.717, 1.165) is 6.20 Å². The lowest BCUT2D eigenvalue weighted by Gasteiger charge is -2.29. The van der Waals surface area contributed by atoms with Crippen LogP contribution in [0.4, 0.5) is 4.39 Å². The molecule has 1 saturated heterocycles. The van der Waals surface area contributed by atoms with Crippen molar-refractivity contribution in [3.05, 3.63) is 23.6 Å². The summed E-state index contributed by atoms with van der Waals surface area (Å²) in [6, 6.07) is 1.61. The maximum absolute atomic E-state index is 13.1. The van der Waals surface area contributed by atoms with Gasteiger partial charge in [-0.05, 0) is 13.0 Å². The zero-order valence-corrected chi connectivity index (χ0v) is 9.37. The third kappa shape index (κ3) is 2.31. The van der Waals surface area contributed by atoms with Crippen LogP contribution in [0.25, 0.3) is 0 Å². The second-order valence-electron chi connectivity index (χ2n) is 3.91. The molecule has 88 valence electrons. The number of aromatic nitrogens is 1. The van der Waals surface area contributed by atoms with E-state index >= 15 is 0 Å². The van der Waals surface area contributed by atoms with Crippen LogP contribution in [0.3, 0.4) is 0 Å². The number of hydrogen-bond donors (Lipinski definition) is 1. The van der Waals surface area contributed by atoms with Crippen LogP contribution in [0.1, 0.15) is 18.5 Å². The van der Waals surface area contributed by atoms with Gasteiger partial charge >= 0.3 is 0 Å². The molecule has 16 heavy (non-hydrogen) atoms. The van der Waals surface area contributed by atoms with Gasteiger partial charge in [0.1, 0.15) is 5.82 Å². The molecule has 1 fully saturated rings. The number of rotatable bonds is 2. The minimum Gasteiger partial charge on any atom is -0.481 e. The molecule has 5 heteroatoms.